The lowest BCUT2D eigenvalue weighted by molar-refractivity contribution is -0.182. The first kappa shape index (κ1) is 18.6. The summed E-state index contributed by atoms with van der Waals surface area (Å²) in [6.45, 7) is 7.57. The van der Waals surface area contributed by atoms with E-state index in [1.165, 1.54) is 0 Å². The third-order valence-corrected chi connectivity index (χ3v) is 4.27. The summed E-state index contributed by atoms with van der Waals surface area (Å²) in [7, 11) is 0. The minimum absolute atomic E-state index is 0.0116. The average Bonchev–Trinajstić information content (AvgIpc) is 2.51. The zero-order valence-electron chi connectivity index (χ0n) is 14.5. The lowest BCUT2D eigenvalue weighted by Crippen LogP contribution is -2.40. The molecular weight excluding hydrogens is 294 g/mol. The summed E-state index contributed by atoms with van der Waals surface area (Å²) in [5.74, 6) is 0.311. The van der Waals surface area contributed by atoms with Gasteiger partial charge in [-0.3, -0.25) is 0 Å². The molecule has 2 atom stereocenters. The maximum atomic E-state index is 9.44. The van der Waals surface area contributed by atoms with Gasteiger partial charge in [0.05, 0.1) is 31.0 Å². The van der Waals surface area contributed by atoms with Crippen LogP contribution in [-0.2, 0) is 14.2 Å². The van der Waals surface area contributed by atoms with Crippen LogP contribution >= 0.6 is 0 Å². The molecule has 2 aliphatic heterocycles. The highest BCUT2D eigenvalue weighted by molar-refractivity contribution is 5.17. The minimum atomic E-state index is -0.193. The van der Waals surface area contributed by atoms with Crippen LogP contribution in [0.3, 0.4) is 0 Å². The fourth-order valence-corrected chi connectivity index (χ4v) is 3.17. The van der Waals surface area contributed by atoms with Crippen LogP contribution in [0, 0.1) is 5.92 Å². The van der Waals surface area contributed by atoms with E-state index in [9.17, 15) is 5.11 Å². The molecule has 0 radical (unpaired) electrons. The minimum Gasteiger partial charge on any atom is -0.396 e. The van der Waals surface area contributed by atoms with Crippen LogP contribution in [0.1, 0.15) is 40.0 Å². The molecule has 2 heterocycles. The second kappa shape index (κ2) is 8.40. The number of aliphatic hydroxyl groups excluding tert-OH is 1. The molecule has 0 spiro atoms. The molecule has 0 amide bonds. The number of hydrogen-bond donors (Lipinski definition) is 2. The Hall–Kier alpha value is -0.720. The molecule has 2 saturated heterocycles. The molecule has 2 rings (SSSR count). The quantitative estimate of drug-likeness (QED) is 0.758. The molecule has 0 aromatic heterocycles. The van der Waals surface area contributed by atoms with Crippen LogP contribution in [0.15, 0.2) is 23.8 Å². The standard InChI is InChI=1S/C18H31NO4/c1-13(5-7-17-21-11-15(19)12-22-17)4-6-16-8-14(10-20)9-18(2,3)23-16/h4-6,14-17,20H,7-12,19H2,1-3H3/b6-4+,13-5+. The number of hydrogen-bond acceptors (Lipinski definition) is 5. The zero-order chi connectivity index (χ0) is 16.9. The second-order valence-electron chi connectivity index (χ2n) is 7.30. The molecule has 3 N–H and O–H groups in total. The maximum Gasteiger partial charge on any atom is 0.161 e. The average molecular weight is 325 g/mol. The Bertz CT molecular complexity index is 425. The van der Waals surface area contributed by atoms with Crippen LogP contribution in [-0.4, -0.2) is 49.0 Å². The molecule has 132 valence electrons. The van der Waals surface area contributed by atoms with E-state index in [0.29, 0.717) is 19.1 Å². The normalized spacial score (nSPS) is 35.6. The number of rotatable bonds is 5. The predicted molar refractivity (Wildman–Crippen MR) is 89.9 cm³/mol. The first-order valence-corrected chi connectivity index (χ1v) is 8.50. The van der Waals surface area contributed by atoms with Gasteiger partial charge in [-0.05, 0) is 39.5 Å². The highest BCUT2D eigenvalue weighted by Gasteiger charge is 2.33. The Kier molecular flexibility index (Phi) is 6.80. The Morgan fingerprint density at radius 3 is 2.65 bits per heavy atom. The molecule has 0 aromatic carbocycles. The fourth-order valence-electron chi connectivity index (χ4n) is 3.17. The van der Waals surface area contributed by atoms with Gasteiger partial charge in [0.15, 0.2) is 6.29 Å². The Morgan fingerprint density at radius 1 is 1.30 bits per heavy atom. The first-order valence-electron chi connectivity index (χ1n) is 8.50. The van der Waals surface area contributed by atoms with Gasteiger partial charge < -0.3 is 25.1 Å². The van der Waals surface area contributed by atoms with E-state index in [1.807, 2.05) is 0 Å². The highest BCUT2D eigenvalue weighted by atomic mass is 16.7. The molecule has 2 aliphatic rings. The van der Waals surface area contributed by atoms with Gasteiger partial charge >= 0.3 is 0 Å². The molecule has 5 heteroatoms. The van der Waals surface area contributed by atoms with E-state index in [1.54, 1.807) is 0 Å². The van der Waals surface area contributed by atoms with Crippen LogP contribution < -0.4 is 5.73 Å². The van der Waals surface area contributed by atoms with Crippen LogP contribution in [0.5, 0.6) is 0 Å². The van der Waals surface area contributed by atoms with Crippen molar-refractivity contribution in [3.05, 3.63) is 23.8 Å². The molecule has 0 bridgehead atoms. The highest BCUT2D eigenvalue weighted by Crippen LogP contribution is 2.32. The molecule has 5 nitrogen and oxygen atoms in total. The van der Waals surface area contributed by atoms with Gasteiger partial charge in [-0.2, -0.15) is 0 Å². The van der Waals surface area contributed by atoms with Crippen molar-refractivity contribution >= 4 is 0 Å². The van der Waals surface area contributed by atoms with Gasteiger partial charge in [0.25, 0.3) is 0 Å². The van der Waals surface area contributed by atoms with E-state index in [4.69, 9.17) is 19.9 Å². The largest absolute Gasteiger partial charge is 0.396 e. The van der Waals surface area contributed by atoms with E-state index in [-0.39, 0.29) is 30.6 Å². The van der Waals surface area contributed by atoms with Gasteiger partial charge in [0.1, 0.15) is 0 Å². The Morgan fingerprint density at radius 2 is 2.00 bits per heavy atom. The van der Waals surface area contributed by atoms with Crippen molar-refractivity contribution in [3.63, 3.8) is 0 Å². The summed E-state index contributed by atoms with van der Waals surface area (Å²) in [6.07, 6.45) is 8.64. The van der Waals surface area contributed by atoms with Crippen molar-refractivity contribution < 1.29 is 19.3 Å². The lowest BCUT2D eigenvalue weighted by atomic mass is 9.86. The number of allylic oxidation sites excluding steroid dienone is 2. The molecular formula is C18H31NO4. The third-order valence-electron chi connectivity index (χ3n) is 4.27. The van der Waals surface area contributed by atoms with Gasteiger partial charge in [-0.1, -0.05) is 23.8 Å². The molecule has 2 fully saturated rings. The van der Waals surface area contributed by atoms with Crippen molar-refractivity contribution in [2.75, 3.05) is 19.8 Å². The molecule has 2 unspecified atom stereocenters. The third kappa shape index (κ3) is 6.36. The van der Waals surface area contributed by atoms with Crippen molar-refractivity contribution in [1.29, 1.82) is 0 Å². The molecule has 23 heavy (non-hydrogen) atoms. The maximum absolute atomic E-state index is 9.44. The van der Waals surface area contributed by atoms with Crippen molar-refractivity contribution in [2.45, 2.75) is 64.1 Å². The summed E-state index contributed by atoms with van der Waals surface area (Å²) < 4.78 is 17.1. The van der Waals surface area contributed by atoms with Crippen LogP contribution in [0.25, 0.3) is 0 Å². The van der Waals surface area contributed by atoms with Crippen molar-refractivity contribution in [1.82, 2.24) is 0 Å². The fraction of sp³-hybridized carbons (Fsp3) is 0.778. The lowest BCUT2D eigenvalue weighted by Gasteiger charge is -2.39. The molecule has 0 aliphatic carbocycles. The van der Waals surface area contributed by atoms with E-state index < -0.39 is 0 Å². The summed E-state index contributed by atoms with van der Waals surface area (Å²) in [6, 6.07) is -0.0116. The Labute approximate surface area is 139 Å². The van der Waals surface area contributed by atoms with Gasteiger partial charge in [-0.25, -0.2) is 0 Å². The summed E-state index contributed by atoms with van der Waals surface area (Å²) >= 11 is 0. The van der Waals surface area contributed by atoms with Crippen molar-refractivity contribution in [3.8, 4) is 0 Å². The molecule has 0 aromatic rings. The SMILES string of the molecule is CC(/C=C/C1CC(CO)CC(C)(C)O1)=C\CC1OCC(N)CO1. The van der Waals surface area contributed by atoms with Crippen molar-refractivity contribution in [2.24, 2.45) is 11.7 Å². The van der Waals surface area contributed by atoms with Gasteiger partial charge in [-0.15, -0.1) is 0 Å². The van der Waals surface area contributed by atoms with Gasteiger partial charge in [0, 0.05) is 13.0 Å². The smallest absolute Gasteiger partial charge is 0.161 e. The first-order chi connectivity index (χ1) is 10.9. The number of nitrogens with two attached hydrogens (primary N) is 1. The summed E-state index contributed by atoms with van der Waals surface area (Å²) in [4.78, 5) is 0. The molecule has 0 saturated carbocycles. The monoisotopic (exact) mass is 325 g/mol. The topological polar surface area (TPSA) is 73.9 Å². The Balaban J connectivity index is 1.82. The number of ether oxygens (including phenoxy) is 3. The predicted octanol–water partition coefficient (Wildman–Crippen LogP) is 2.15. The summed E-state index contributed by atoms with van der Waals surface area (Å²) in [5, 5.41) is 9.44. The van der Waals surface area contributed by atoms with E-state index in [2.05, 4.69) is 39.0 Å². The zero-order valence-corrected chi connectivity index (χ0v) is 14.5. The second-order valence-corrected chi connectivity index (χ2v) is 7.30. The van der Waals surface area contributed by atoms with E-state index >= 15 is 0 Å². The summed E-state index contributed by atoms with van der Waals surface area (Å²) in [5.41, 5.74) is 6.69. The van der Waals surface area contributed by atoms with E-state index in [0.717, 1.165) is 24.8 Å². The number of aliphatic hydroxyl groups is 1. The van der Waals surface area contributed by atoms with Crippen LogP contribution in [0.4, 0.5) is 0 Å². The van der Waals surface area contributed by atoms with Crippen LogP contribution in [0.2, 0.25) is 0 Å². The van der Waals surface area contributed by atoms with Gasteiger partial charge in [0.2, 0.25) is 0 Å².